The summed E-state index contributed by atoms with van der Waals surface area (Å²) in [4.78, 5) is 0. The summed E-state index contributed by atoms with van der Waals surface area (Å²) in [5.74, 6) is 5.40. The summed E-state index contributed by atoms with van der Waals surface area (Å²) in [7, 11) is 1.86. The quantitative estimate of drug-likeness (QED) is 0.646. The van der Waals surface area contributed by atoms with Crippen molar-refractivity contribution in [2.75, 3.05) is 13.6 Å². The lowest BCUT2D eigenvalue weighted by atomic mass is 10.2. The van der Waals surface area contributed by atoms with Gasteiger partial charge in [-0.25, -0.2) is 4.39 Å². The Morgan fingerprint density at radius 3 is 2.73 bits per heavy atom. The van der Waals surface area contributed by atoms with Crippen molar-refractivity contribution in [3.05, 3.63) is 32.5 Å². The van der Waals surface area contributed by atoms with Crippen molar-refractivity contribution >= 4 is 31.9 Å². The molecule has 0 radical (unpaired) electrons. The Morgan fingerprint density at radius 2 is 2.13 bits per heavy atom. The van der Waals surface area contributed by atoms with Crippen molar-refractivity contribution in [2.24, 2.45) is 0 Å². The maximum atomic E-state index is 13.4. The molecule has 1 N–H and O–H groups in total. The first-order valence-corrected chi connectivity index (χ1v) is 6.01. The SMILES string of the molecule is CNCCC#Cc1c(F)cc(Br)cc1Br. The largest absolute Gasteiger partial charge is 0.319 e. The van der Waals surface area contributed by atoms with Crippen molar-refractivity contribution in [3.8, 4) is 11.8 Å². The van der Waals surface area contributed by atoms with Crippen LogP contribution < -0.4 is 5.32 Å². The average molecular weight is 335 g/mol. The molecule has 1 nitrogen and oxygen atoms in total. The predicted molar refractivity (Wildman–Crippen MR) is 67.2 cm³/mol. The second kappa shape index (κ2) is 6.26. The summed E-state index contributed by atoms with van der Waals surface area (Å²) >= 11 is 6.49. The summed E-state index contributed by atoms with van der Waals surface area (Å²) in [6.45, 7) is 0.808. The van der Waals surface area contributed by atoms with Gasteiger partial charge in [0.25, 0.3) is 0 Å². The van der Waals surface area contributed by atoms with Crippen LogP contribution in [0.1, 0.15) is 12.0 Å². The molecule has 0 aliphatic rings. The first-order chi connectivity index (χ1) is 7.15. The second-order valence-corrected chi connectivity index (χ2v) is 4.67. The zero-order valence-electron chi connectivity index (χ0n) is 8.20. The summed E-state index contributed by atoms with van der Waals surface area (Å²) in [5, 5.41) is 2.98. The highest BCUT2D eigenvalue weighted by molar-refractivity contribution is 9.11. The minimum Gasteiger partial charge on any atom is -0.319 e. The smallest absolute Gasteiger partial charge is 0.141 e. The fraction of sp³-hybridized carbons (Fsp3) is 0.273. The third kappa shape index (κ3) is 3.94. The molecule has 0 amide bonds. The molecule has 80 valence electrons. The highest BCUT2D eigenvalue weighted by Crippen LogP contribution is 2.24. The van der Waals surface area contributed by atoms with Crippen LogP contribution in [0.2, 0.25) is 0 Å². The molecule has 0 spiro atoms. The number of benzene rings is 1. The van der Waals surface area contributed by atoms with Gasteiger partial charge in [0.1, 0.15) is 5.82 Å². The molecule has 4 heteroatoms. The van der Waals surface area contributed by atoms with Crippen LogP contribution in [0.3, 0.4) is 0 Å². The van der Waals surface area contributed by atoms with Crippen LogP contribution in [-0.4, -0.2) is 13.6 Å². The Bertz CT molecular complexity index is 384. The maximum absolute atomic E-state index is 13.4. The standard InChI is InChI=1S/C11H10Br2FN/c1-15-5-3-2-4-9-10(13)6-8(12)7-11(9)14/h6-7,15H,3,5H2,1H3. The monoisotopic (exact) mass is 333 g/mol. The highest BCUT2D eigenvalue weighted by Gasteiger charge is 2.05. The van der Waals surface area contributed by atoms with Crippen molar-refractivity contribution < 1.29 is 4.39 Å². The first kappa shape index (κ1) is 12.7. The molecule has 0 fully saturated rings. The minimum absolute atomic E-state index is 0.312. The highest BCUT2D eigenvalue weighted by atomic mass is 79.9. The molecular weight excluding hydrogens is 325 g/mol. The Kier molecular flexibility index (Phi) is 5.30. The third-order valence-electron chi connectivity index (χ3n) is 1.72. The van der Waals surface area contributed by atoms with Crippen LogP contribution in [0.5, 0.6) is 0 Å². The van der Waals surface area contributed by atoms with Crippen molar-refractivity contribution in [1.82, 2.24) is 5.32 Å². The third-order valence-corrected chi connectivity index (χ3v) is 2.80. The molecule has 0 unspecified atom stereocenters. The molecule has 1 rings (SSSR count). The number of hydrogen-bond acceptors (Lipinski definition) is 1. The van der Waals surface area contributed by atoms with Crippen molar-refractivity contribution in [3.63, 3.8) is 0 Å². The molecule has 0 atom stereocenters. The van der Waals surface area contributed by atoms with Gasteiger partial charge in [-0.15, -0.1) is 0 Å². The zero-order valence-corrected chi connectivity index (χ0v) is 11.4. The van der Waals surface area contributed by atoms with E-state index in [1.54, 1.807) is 6.07 Å². The van der Waals surface area contributed by atoms with Crippen LogP contribution in [-0.2, 0) is 0 Å². The van der Waals surface area contributed by atoms with Crippen molar-refractivity contribution in [1.29, 1.82) is 0 Å². The molecule has 0 aliphatic heterocycles. The van der Waals surface area contributed by atoms with Gasteiger partial charge in [-0.05, 0) is 35.1 Å². The summed E-state index contributed by atoms with van der Waals surface area (Å²) < 4.78 is 14.8. The van der Waals surface area contributed by atoms with E-state index in [1.165, 1.54) is 6.07 Å². The lowest BCUT2D eigenvalue weighted by Gasteiger charge is -1.99. The normalized spacial score (nSPS) is 9.60. The van der Waals surface area contributed by atoms with Crippen LogP contribution in [0, 0.1) is 17.7 Å². The van der Waals surface area contributed by atoms with E-state index in [9.17, 15) is 4.39 Å². The number of rotatable bonds is 2. The van der Waals surface area contributed by atoms with E-state index in [4.69, 9.17) is 0 Å². The molecule has 1 aromatic rings. The first-order valence-electron chi connectivity index (χ1n) is 4.43. The van der Waals surface area contributed by atoms with Gasteiger partial charge in [0, 0.05) is 21.9 Å². The topological polar surface area (TPSA) is 12.0 Å². The lowest BCUT2D eigenvalue weighted by Crippen LogP contribution is -2.05. The minimum atomic E-state index is -0.312. The van der Waals surface area contributed by atoms with Crippen LogP contribution in [0.4, 0.5) is 4.39 Å². The number of nitrogens with one attached hydrogen (secondary N) is 1. The van der Waals surface area contributed by atoms with Crippen LogP contribution in [0.15, 0.2) is 21.1 Å². The second-order valence-electron chi connectivity index (χ2n) is 2.90. The van der Waals surface area contributed by atoms with E-state index in [-0.39, 0.29) is 5.82 Å². The Hall–Kier alpha value is -0.370. The van der Waals surface area contributed by atoms with Gasteiger partial charge in [-0.3, -0.25) is 0 Å². The van der Waals surface area contributed by atoms with E-state index >= 15 is 0 Å². The molecule has 0 saturated heterocycles. The Labute approximate surface area is 106 Å². The summed E-state index contributed by atoms with van der Waals surface area (Å²) in [5.41, 5.74) is 0.411. The van der Waals surface area contributed by atoms with E-state index in [2.05, 4.69) is 49.0 Å². The van der Waals surface area contributed by atoms with Gasteiger partial charge in [0.2, 0.25) is 0 Å². The molecule has 1 aromatic carbocycles. The molecular formula is C11H10Br2FN. The van der Waals surface area contributed by atoms with Gasteiger partial charge in [-0.2, -0.15) is 0 Å². The number of hydrogen-bond donors (Lipinski definition) is 1. The summed E-state index contributed by atoms with van der Waals surface area (Å²) in [6.07, 6.45) is 0.707. The van der Waals surface area contributed by atoms with Gasteiger partial charge in [0.15, 0.2) is 0 Å². The van der Waals surface area contributed by atoms with Gasteiger partial charge >= 0.3 is 0 Å². The lowest BCUT2D eigenvalue weighted by molar-refractivity contribution is 0.622. The van der Waals surface area contributed by atoms with E-state index in [0.29, 0.717) is 20.9 Å². The molecule has 0 heterocycles. The van der Waals surface area contributed by atoms with Crippen LogP contribution in [0.25, 0.3) is 0 Å². The predicted octanol–water partition coefficient (Wildman–Crippen LogP) is 3.31. The average Bonchev–Trinajstić information content (AvgIpc) is 2.15. The van der Waals surface area contributed by atoms with E-state index < -0.39 is 0 Å². The fourth-order valence-corrected chi connectivity index (χ4v) is 2.27. The van der Waals surface area contributed by atoms with Gasteiger partial charge in [0.05, 0.1) is 5.56 Å². The van der Waals surface area contributed by atoms with E-state index in [1.807, 2.05) is 7.05 Å². The number of halogens is 3. The van der Waals surface area contributed by atoms with Crippen molar-refractivity contribution in [2.45, 2.75) is 6.42 Å². The molecule has 0 bridgehead atoms. The van der Waals surface area contributed by atoms with Crippen LogP contribution >= 0.6 is 31.9 Å². The Balaban J connectivity index is 2.88. The molecule has 0 saturated carbocycles. The molecule has 15 heavy (non-hydrogen) atoms. The van der Waals surface area contributed by atoms with E-state index in [0.717, 1.165) is 6.54 Å². The van der Waals surface area contributed by atoms with Gasteiger partial charge in [-0.1, -0.05) is 27.8 Å². The maximum Gasteiger partial charge on any atom is 0.141 e. The fourth-order valence-electron chi connectivity index (χ4n) is 1.00. The zero-order chi connectivity index (χ0) is 11.3. The van der Waals surface area contributed by atoms with Gasteiger partial charge < -0.3 is 5.32 Å². The summed E-state index contributed by atoms with van der Waals surface area (Å²) in [6, 6.07) is 3.19. The Morgan fingerprint density at radius 1 is 1.40 bits per heavy atom. The molecule has 0 aliphatic carbocycles. The molecule has 0 aromatic heterocycles.